The van der Waals surface area contributed by atoms with E-state index in [1.165, 1.54) is 11.6 Å². The van der Waals surface area contributed by atoms with Gasteiger partial charge in [-0.15, -0.1) is 0 Å². The quantitative estimate of drug-likeness (QED) is 0.499. The Labute approximate surface area is 187 Å². The van der Waals surface area contributed by atoms with Crippen molar-refractivity contribution >= 4 is 28.7 Å². The van der Waals surface area contributed by atoms with E-state index in [9.17, 15) is 9.59 Å². The largest absolute Gasteiger partial charge is 0.454 e. The summed E-state index contributed by atoms with van der Waals surface area (Å²) in [5, 5.41) is 3.93. The standard InChI is InChI=1S/C22H20ClN5O4/c1-26-19-18(20(29)27(2)22(26)30)28(11-13-3-6-15(23)7-4-13)21(25-19)24-10-14-5-8-16-17(9-14)32-12-31-16/h3-9H,10-12H2,1-2H3,(H,24,25). The Bertz CT molecular complexity index is 1450. The second-order valence-electron chi connectivity index (χ2n) is 7.57. The van der Waals surface area contributed by atoms with Crippen LogP contribution in [0.5, 0.6) is 11.5 Å². The van der Waals surface area contributed by atoms with Gasteiger partial charge in [0.25, 0.3) is 5.56 Å². The number of nitrogens with zero attached hydrogens (tertiary/aromatic N) is 4. The summed E-state index contributed by atoms with van der Waals surface area (Å²) in [7, 11) is 3.06. The number of hydrogen-bond donors (Lipinski definition) is 1. The summed E-state index contributed by atoms with van der Waals surface area (Å²) in [6.07, 6.45) is 0. The van der Waals surface area contributed by atoms with Crippen LogP contribution in [0.25, 0.3) is 11.2 Å². The molecule has 0 bridgehead atoms. The topological polar surface area (TPSA) is 92.3 Å². The number of ether oxygens (including phenoxy) is 2. The van der Waals surface area contributed by atoms with Gasteiger partial charge >= 0.3 is 5.69 Å². The molecule has 0 unspecified atom stereocenters. The van der Waals surface area contributed by atoms with Gasteiger partial charge < -0.3 is 14.8 Å². The Morgan fingerprint density at radius 3 is 2.50 bits per heavy atom. The van der Waals surface area contributed by atoms with Crippen LogP contribution in [0.15, 0.2) is 52.1 Å². The molecule has 1 aliphatic rings. The summed E-state index contributed by atoms with van der Waals surface area (Å²) in [5.41, 5.74) is 1.73. The monoisotopic (exact) mass is 453 g/mol. The number of anilines is 1. The Balaban J connectivity index is 1.58. The van der Waals surface area contributed by atoms with Crippen LogP contribution in [0.1, 0.15) is 11.1 Å². The van der Waals surface area contributed by atoms with Crippen LogP contribution >= 0.6 is 11.6 Å². The van der Waals surface area contributed by atoms with E-state index in [0.29, 0.717) is 46.7 Å². The smallest absolute Gasteiger partial charge is 0.332 e. The number of imidazole rings is 1. The summed E-state index contributed by atoms with van der Waals surface area (Å²) in [4.78, 5) is 30.0. The number of fused-ring (bicyclic) bond motifs is 2. The van der Waals surface area contributed by atoms with Crippen LogP contribution in [0.2, 0.25) is 5.02 Å². The van der Waals surface area contributed by atoms with Gasteiger partial charge in [-0.25, -0.2) is 4.79 Å². The molecular formula is C22H20ClN5O4. The van der Waals surface area contributed by atoms with E-state index < -0.39 is 11.2 Å². The molecule has 0 radical (unpaired) electrons. The van der Waals surface area contributed by atoms with E-state index in [4.69, 9.17) is 21.1 Å². The zero-order valence-corrected chi connectivity index (χ0v) is 18.2. The second kappa shape index (κ2) is 7.76. The second-order valence-corrected chi connectivity index (χ2v) is 8.00. The SMILES string of the molecule is Cn1c(=O)c2c(nc(NCc3ccc4c(c3)OCO4)n2Cc2ccc(Cl)cc2)n(C)c1=O. The van der Waals surface area contributed by atoms with E-state index in [1.54, 1.807) is 23.7 Å². The zero-order chi connectivity index (χ0) is 22.4. The molecule has 9 nitrogen and oxygen atoms in total. The van der Waals surface area contributed by atoms with E-state index in [1.807, 2.05) is 30.3 Å². The fourth-order valence-corrected chi connectivity index (χ4v) is 3.87. The molecule has 164 valence electrons. The molecule has 0 saturated heterocycles. The maximum Gasteiger partial charge on any atom is 0.332 e. The molecule has 10 heteroatoms. The molecule has 0 saturated carbocycles. The minimum absolute atomic E-state index is 0.209. The average molecular weight is 454 g/mol. The molecule has 4 aromatic rings. The number of nitrogens with one attached hydrogen (secondary N) is 1. The lowest BCUT2D eigenvalue weighted by Gasteiger charge is -2.12. The van der Waals surface area contributed by atoms with Crippen molar-refractivity contribution < 1.29 is 9.47 Å². The first-order chi connectivity index (χ1) is 15.4. The molecule has 1 N–H and O–H groups in total. The van der Waals surface area contributed by atoms with Crippen LogP contribution in [0, 0.1) is 0 Å². The van der Waals surface area contributed by atoms with Crippen molar-refractivity contribution in [3.05, 3.63) is 79.5 Å². The van der Waals surface area contributed by atoms with Crippen LogP contribution in [0.3, 0.4) is 0 Å². The molecular weight excluding hydrogens is 434 g/mol. The van der Waals surface area contributed by atoms with Crippen molar-refractivity contribution in [1.29, 1.82) is 0 Å². The number of aromatic nitrogens is 4. The lowest BCUT2D eigenvalue weighted by Crippen LogP contribution is -2.37. The number of hydrogen-bond acceptors (Lipinski definition) is 6. The number of rotatable bonds is 5. The number of aryl methyl sites for hydroxylation is 1. The normalized spacial score (nSPS) is 12.5. The van der Waals surface area contributed by atoms with E-state index in [0.717, 1.165) is 15.7 Å². The Hall–Kier alpha value is -3.72. The summed E-state index contributed by atoms with van der Waals surface area (Å²) in [6.45, 7) is 1.03. The molecule has 0 atom stereocenters. The minimum Gasteiger partial charge on any atom is -0.454 e. The lowest BCUT2D eigenvalue weighted by molar-refractivity contribution is 0.174. The van der Waals surface area contributed by atoms with E-state index in [-0.39, 0.29) is 6.79 Å². The Morgan fingerprint density at radius 1 is 1.00 bits per heavy atom. The molecule has 3 heterocycles. The molecule has 32 heavy (non-hydrogen) atoms. The predicted molar refractivity (Wildman–Crippen MR) is 121 cm³/mol. The minimum atomic E-state index is -0.430. The molecule has 1 aliphatic heterocycles. The highest BCUT2D eigenvalue weighted by Crippen LogP contribution is 2.32. The first-order valence-electron chi connectivity index (χ1n) is 9.95. The average Bonchev–Trinajstić information content (AvgIpc) is 3.40. The van der Waals surface area contributed by atoms with Gasteiger partial charge in [-0.3, -0.25) is 18.5 Å². The van der Waals surface area contributed by atoms with E-state index >= 15 is 0 Å². The van der Waals surface area contributed by atoms with Crippen LogP contribution < -0.4 is 26.0 Å². The lowest BCUT2D eigenvalue weighted by atomic mass is 10.2. The summed E-state index contributed by atoms with van der Waals surface area (Å²) in [5.74, 6) is 1.88. The predicted octanol–water partition coefficient (Wildman–Crippen LogP) is 2.48. The molecule has 0 spiro atoms. The highest BCUT2D eigenvalue weighted by molar-refractivity contribution is 6.30. The molecule has 0 aliphatic carbocycles. The third-order valence-electron chi connectivity index (χ3n) is 5.49. The summed E-state index contributed by atoms with van der Waals surface area (Å²) < 4.78 is 15.1. The van der Waals surface area contributed by atoms with Gasteiger partial charge in [0.15, 0.2) is 22.7 Å². The Morgan fingerprint density at radius 2 is 1.72 bits per heavy atom. The molecule has 2 aromatic carbocycles. The highest BCUT2D eigenvalue weighted by atomic mass is 35.5. The van der Waals surface area contributed by atoms with Crippen LogP contribution in [-0.2, 0) is 27.2 Å². The van der Waals surface area contributed by atoms with Crippen LogP contribution in [-0.4, -0.2) is 25.5 Å². The highest BCUT2D eigenvalue weighted by Gasteiger charge is 2.20. The van der Waals surface area contributed by atoms with Crippen molar-refractivity contribution in [2.24, 2.45) is 14.1 Å². The summed E-state index contributed by atoms with van der Waals surface area (Å²) in [6, 6.07) is 13.1. The third kappa shape index (κ3) is 3.40. The van der Waals surface area contributed by atoms with Crippen molar-refractivity contribution in [3.8, 4) is 11.5 Å². The first-order valence-corrected chi connectivity index (χ1v) is 10.3. The zero-order valence-electron chi connectivity index (χ0n) is 17.5. The van der Waals surface area contributed by atoms with Crippen molar-refractivity contribution in [2.45, 2.75) is 13.1 Å². The van der Waals surface area contributed by atoms with Gasteiger partial charge in [0.2, 0.25) is 12.7 Å². The third-order valence-corrected chi connectivity index (χ3v) is 5.74. The molecule has 0 fully saturated rings. The fourth-order valence-electron chi connectivity index (χ4n) is 3.74. The van der Waals surface area contributed by atoms with Crippen molar-refractivity contribution in [1.82, 2.24) is 18.7 Å². The van der Waals surface area contributed by atoms with Gasteiger partial charge in [-0.05, 0) is 35.4 Å². The maximum atomic E-state index is 13.0. The number of halogens is 1. The van der Waals surface area contributed by atoms with Crippen LogP contribution in [0.4, 0.5) is 5.95 Å². The summed E-state index contributed by atoms with van der Waals surface area (Å²) >= 11 is 6.02. The van der Waals surface area contributed by atoms with Gasteiger partial charge in [-0.1, -0.05) is 29.8 Å². The van der Waals surface area contributed by atoms with Gasteiger partial charge in [0, 0.05) is 25.7 Å². The van der Waals surface area contributed by atoms with Crippen molar-refractivity contribution in [3.63, 3.8) is 0 Å². The van der Waals surface area contributed by atoms with Gasteiger partial charge in [-0.2, -0.15) is 4.98 Å². The fraction of sp³-hybridized carbons (Fsp3) is 0.227. The van der Waals surface area contributed by atoms with Gasteiger partial charge in [0.1, 0.15) is 0 Å². The molecule has 0 amide bonds. The first kappa shape index (κ1) is 20.2. The number of benzene rings is 2. The van der Waals surface area contributed by atoms with E-state index in [2.05, 4.69) is 10.3 Å². The maximum absolute atomic E-state index is 13.0. The Kier molecular flexibility index (Phi) is 4.90. The molecule has 5 rings (SSSR count). The van der Waals surface area contributed by atoms with Crippen molar-refractivity contribution in [2.75, 3.05) is 12.1 Å². The molecule has 2 aromatic heterocycles. The van der Waals surface area contributed by atoms with Gasteiger partial charge in [0.05, 0.1) is 6.54 Å².